The normalized spacial score (nSPS) is 10.0. The van der Waals surface area contributed by atoms with Gasteiger partial charge >= 0.3 is 0 Å². The van der Waals surface area contributed by atoms with Crippen LogP contribution in [0.2, 0.25) is 0 Å². The summed E-state index contributed by atoms with van der Waals surface area (Å²) in [6.45, 7) is 0.917. The van der Waals surface area contributed by atoms with Crippen molar-refractivity contribution in [3.63, 3.8) is 0 Å². The molecule has 0 heterocycles. The molecule has 0 spiro atoms. The number of para-hydroxylation sites is 1. The summed E-state index contributed by atoms with van der Waals surface area (Å²) >= 11 is 5.18. The molecule has 0 aliphatic carbocycles. The first-order valence-corrected chi connectivity index (χ1v) is 8.61. The van der Waals surface area contributed by atoms with Gasteiger partial charge in [0, 0.05) is 19.7 Å². The molecule has 0 aliphatic heterocycles. The minimum atomic E-state index is -0.367. The summed E-state index contributed by atoms with van der Waals surface area (Å²) in [7, 11) is 3.14. The smallest absolute Gasteiger partial charge is 0.257 e. The zero-order chi connectivity index (χ0) is 19.6. The van der Waals surface area contributed by atoms with E-state index in [0.29, 0.717) is 35.8 Å². The Morgan fingerprint density at radius 3 is 2.37 bits per heavy atom. The molecule has 0 unspecified atom stereocenters. The Morgan fingerprint density at radius 2 is 1.70 bits per heavy atom. The van der Waals surface area contributed by atoms with Crippen molar-refractivity contribution in [1.29, 1.82) is 0 Å². The number of carbonyl (C=O) groups is 2. The Kier molecular flexibility index (Phi) is 7.72. The van der Waals surface area contributed by atoms with E-state index < -0.39 is 0 Å². The second kappa shape index (κ2) is 10.2. The van der Waals surface area contributed by atoms with Crippen LogP contribution in [0, 0.1) is 0 Å². The van der Waals surface area contributed by atoms with Gasteiger partial charge in [0.25, 0.3) is 11.8 Å². The van der Waals surface area contributed by atoms with Gasteiger partial charge in [0.1, 0.15) is 12.4 Å². The molecule has 0 atom stereocenters. The summed E-state index contributed by atoms with van der Waals surface area (Å²) in [5, 5.41) is 8.11. The van der Waals surface area contributed by atoms with Crippen LogP contribution in [0.5, 0.6) is 5.75 Å². The van der Waals surface area contributed by atoms with E-state index in [1.54, 1.807) is 62.7 Å². The molecule has 3 N–H and O–H groups in total. The second-order valence-corrected chi connectivity index (χ2v) is 5.81. The number of nitrogens with one attached hydrogen (secondary N) is 3. The molecule has 0 fully saturated rings. The lowest BCUT2D eigenvalue weighted by molar-refractivity contribution is 0.0961. The number of ether oxygens (including phenoxy) is 2. The fourth-order valence-electron chi connectivity index (χ4n) is 2.20. The maximum Gasteiger partial charge on any atom is 0.257 e. The maximum atomic E-state index is 12.3. The van der Waals surface area contributed by atoms with Crippen molar-refractivity contribution >= 4 is 34.8 Å². The van der Waals surface area contributed by atoms with Crippen LogP contribution in [0.1, 0.15) is 20.7 Å². The standard InChI is InChI=1S/C19H21N3O4S/c1-20-18(24)15-5-3-4-6-16(15)21-19(27)22-17(23)13-7-9-14(10-8-13)26-12-11-25-2/h3-10H,11-12H2,1-2H3,(H,20,24)(H2,21,22,23,27). The average Bonchev–Trinajstić information content (AvgIpc) is 2.68. The molecule has 0 aromatic heterocycles. The number of benzene rings is 2. The Hall–Kier alpha value is -2.97. The quantitative estimate of drug-likeness (QED) is 0.499. The number of rotatable bonds is 7. The molecule has 2 rings (SSSR count). The predicted molar refractivity (Wildman–Crippen MR) is 107 cm³/mol. The summed E-state index contributed by atoms with van der Waals surface area (Å²) < 4.78 is 10.4. The summed E-state index contributed by atoms with van der Waals surface area (Å²) in [6.07, 6.45) is 0. The van der Waals surface area contributed by atoms with Gasteiger partial charge in [0.05, 0.1) is 17.9 Å². The van der Waals surface area contributed by atoms with Crippen molar-refractivity contribution in [3.05, 3.63) is 59.7 Å². The van der Waals surface area contributed by atoms with Crippen LogP contribution in [-0.2, 0) is 4.74 Å². The fourth-order valence-corrected chi connectivity index (χ4v) is 2.40. The van der Waals surface area contributed by atoms with Gasteiger partial charge in [0.2, 0.25) is 0 Å². The Balaban J connectivity index is 1.96. The molecule has 0 radical (unpaired) electrons. The van der Waals surface area contributed by atoms with Gasteiger partial charge in [-0.2, -0.15) is 0 Å². The van der Waals surface area contributed by atoms with E-state index >= 15 is 0 Å². The van der Waals surface area contributed by atoms with Gasteiger partial charge in [-0.15, -0.1) is 0 Å². The highest BCUT2D eigenvalue weighted by Crippen LogP contribution is 2.15. The third kappa shape index (κ3) is 6.05. The maximum absolute atomic E-state index is 12.3. The highest BCUT2D eigenvalue weighted by molar-refractivity contribution is 7.80. The molecule has 142 valence electrons. The van der Waals surface area contributed by atoms with E-state index in [1.807, 2.05) is 0 Å². The Bertz CT molecular complexity index is 809. The SMILES string of the molecule is CNC(=O)c1ccccc1NC(=S)NC(=O)c1ccc(OCCOC)cc1. The molecular formula is C19H21N3O4S. The number of hydrogen-bond donors (Lipinski definition) is 3. The van der Waals surface area contributed by atoms with Gasteiger partial charge in [0.15, 0.2) is 5.11 Å². The van der Waals surface area contributed by atoms with E-state index in [4.69, 9.17) is 21.7 Å². The van der Waals surface area contributed by atoms with Crippen LogP contribution in [0.25, 0.3) is 0 Å². The highest BCUT2D eigenvalue weighted by atomic mass is 32.1. The summed E-state index contributed by atoms with van der Waals surface area (Å²) in [4.78, 5) is 24.2. The molecule has 0 saturated heterocycles. The molecule has 2 amide bonds. The van der Waals surface area contributed by atoms with Crippen molar-refractivity contribution in [1.82, 2.24) is 10.6 Å². The Morgan fingerprint density at radius 1 is 1.00 bits per heavy atom. The lowest BCUT2D eigenvalue weighted by Gasteiger charge is -2.13. The van der Waals surface area contributed by atoms with Crippen LogP contribution >= 0.6 is 12.2 Å². The zero-order valence-corrected chi connectivity index (χ0v) is 15.9. The molecule has 0 bridgehead atoms. The number of carbonyl (C=O) groups excluding carboxylic acids is 2. The van der Waals surface area contributed by atoms with Gasteiger partial charge in [-0.3, -0.25) is 14.9 Å². The zero-order valence-electron chi connectivity index (χ0n) is 15.1. The third-order valence-electron chi connectivity index (χ3n) is 3.55. The predicted octanol–water partition coefficient (Wildman–Crippen LogP) is 2.20. The van der Waals surface area contributed by atoms with Gasteiger partial charge in [-0.1, -0.05) is 12.1 Å². The fraction of sp³-hybridized carbons (Fsp3) is 0.211. The van der Waals surface area contributed by atoms with Crippen molar-refractivity contribution in [2.24, 2.45) is 0 Å². The van der Waals surface area contributed by atoms with E-state index in [0.717, 1.165) is 0 Å². The van der Waals surface area contributed by atoms with Crippen molar-refractivity contribution < 1.29 is 19.1 Å². The number of thiocarbonyl (C=S) groups is 1. The highest BCUT2D eigenvalue weighted by Gasteiger charge is 2.12. The monoisotopic (exact) mass is 387 g/mol. The molecule has 0 saturated carbocycles. The first-order valence-electron chi connectivity index (χ1n) is 8.20. The molecule has 7 nitrogen and oxygen atoms in total. The summed E-state index contributed by atoms with van der Waals surface area (Å²) in [5.41, 5.74) is 1.36. The number of methoxy groups -OCH3 is 1. The van der Waals surface area contributed by atoms with Crippen LogP contribution in [0.3, 0.4) is 0 Å². The largest absolute Gasteiger partial charge is 0.491 e. The molecule has 0 aliphatic rings. The third-order valence-corrected chi connectivity index (χ3v) is 3.75. The lowest BCUT2D eigenvalue weighted by Crippen LogP contribution is -2.34. The average molecular weight is 387 g/mol. The van der Waals surface area contributed by atoms with Crippen LogP contribution in [0.15, 0.2) is 48.5 Å². The van der Waals surface area contributed by atoms with Crippen LogP contribution in [0.4, 0.5) is 5.69 Å². The van der Waals surface area contributed by atoms with Gasteiger partial charge in [-0.05, 0) is 48.6 Å². The lowest BCUT2D eigenvalue weighted by atomic mass is 10.1. The molecule has 27 heavy (non-hydrogen) atoms. The molecule has 8 heteroatoms. The second-order valence-electron chi connectivity index (χ2n) is 5.40. The molecule has 2 aromatic rings. The minimum Gasteiger partial charge on any atom is -0.491 e. The summed E-state index contributed by atoms with van der Waals surface area (Å²) in [6, 6.07) is 13.5. The van der Waals surface area contributed by atoms with E-state index in [2.05, 4.69) is 16.0 Å². The minimum absolute atomic E-state index is 0.0942. The number of anilines is 1. The Labute approximate surface area is 163 Å². The number of amides is 2. The first kappa shape index (κ1) is 20.3. The van der Waals surface area contributed by atoms with Crippen molar-refractivity contribution in [2.75, 3.05) is 32.7 Å². The van der Waals surface area contributed by atoms with Crippen molar-refractivity contribution in [2.45, 2.75) is 0 Å². The first-order chi connectivity index (χ1) is 13.0. The van der Waals surface area contributed by atoms with E-state index in [9.17, 15) is 9.59 Å². The van der Waals surface area contributed by atoms with Crippen LogP contribution in [-0.4, -0.2) is 44.3 Å². The number of hydrogen-bond acceptors (Lipinski definition) is 5. The molecule has 2 aromatic carbocycles. The van der Waals surface area contributed by atoms with Crippen molar-refractivity contribution in [3.8, 4) is 5.75 Å². The molecular weight excluding hydrogens is 366 g/mol. The van der Waals surface area contributed by atoms with E-state index in [-0.39, 0.29) is 16.9 Å². The van der Waals surface area contributed by atoms with E-state index in [1.165, 1.54) is 0 Å². The van der Waals surface area contributed by atoms with Crippen LogP contribution < -0.4 is 20.7 Å². The topological polar surface area (TPSA) is 88.7 Å². The van der Waals surface area contributed by atoms with Gasteiger partial charge in [-0.25, -0.2) is 0 Å². The summed E-state index contributed by atoms with van der Waals surface area (Å²) in [5.74, 6) is 0.0217. The van der Waals surface area contributed by atoms with Gasteiger partial charge < -0.3 is 20.1 Å².